The monoisotopic (exact) mass is 407 g/mol. The van der Waals surface area contributed by atoms with Gasteiger partial charge in [0.25, 0.3) is 5.91 Å². The fraction of sp³-hybridized carbons (Fsp3) is 0.571. The van der Waals surface area contributed by atoms with E-state index in [1.807, 2.05) is 26.0 Å². The summed E-state index contributed by atoms with van der Waals surface area (Å²) in [7, 11) is 1.27. The third kappa shape index (κ3) is 7.14. The van der Waals surface area contributed by atoms with Crippen LogP contribution in [0.2, 0.25) is 0 Å². The van der Waals surface area contributed by atoms with Crippen molar-refractivity contribution in [2.45, 2.75) is 32.9 Å². The van der Waals surface area contributed by atoms with Gasteiger partial charge in [-0.2, -0.15) is 0 Å². The average Bonchev–Trinajstić information content (AvgIpc) is 2.76. The predicted molar refractivity (Wildman–Crippen MR) is 105 cm³/mol. The van der Waals surface area contributed by atoms with Gasteiger partial charge in [-0.3, -0.25) is 4.79 Å². The summed E-state index contributed by atoms with van der Waals surface area (Å²) >= 11 is 0. The van der Waals surface area contributed by atoms with Crippen LogP contribution in [0.3, 0.4) is 0 Å². The normalized spacial score (nSPS) is 16.5. The Hall–Kier alpha value is -2.45. The number of amides is 1. The zero-order valence-electron chi connectivity index (χ0n) is 17.4. The molecule has 1 aliphatic heterocycles. The first-order chi connectivity index (χ1) is 13.9. The Bertz CT molecular complexity index is 685. The van der Waals surface area contributed by atoms with E-state index in [1.54, 1.807) is 12.1 Å². The summed E-state index contributed by atoms with van der Waals surface area (Å²) < 4.78 is 15.2. The Kier molecular flexibility index (Phi) is 9.08. The third-order valence-corrected chi connectivity index (χ3v) is 5.16. The van der Waals surface area contributed by atoms with Crippen molar-refractivity contribution in [2.75, 3.05) is 40.0 Å². The molecule has 1 aromatic carbocycles. The molecule has 1 aliphatic rings. The Morgan fingerprint density at radius 2 is 1.83 bits per heavy atom. The van der Waals surface area contributed by atoms with E-state index < -0.39 is 30.5 Å². The molecular weight excluding hydrogens is 376 g/mol. The molecule has 1 amide bonds. The Balaban J connectivity index is 1.83. The van der Waals surface area contributed by atoms with Gasteiger partial charge in [0.05, 0.1) is 25.9 Å². The first kappa shape index (κ1) is 22.8. The molecule has 0 radical (unpaired) electrons. The molecule has 0 aliphatic carbocycles. The molecular formula is C21H31N2O6+. The van der Waals surface area contributed by atoms with Gasteiger partial charge >= 0.3 is 11.9 Å². The Morgan fingerprint density at radius 3 is 2.41 bits per heavy atom. The predicted octanol–water partition coefficient (Wildman–Crippen LogP) is -0.0376. The van der Waals surface area contributed by atoms with Gasteiger partial charge in [-0.15, -0.1) is 0 Å². The average molecular weight is 407 g/mol. The smallest absolute Gasteiger partial charge is 0.338 e. The van der Waals surface area contributed by atoms with Crippen molar-refractivity contribution < 1.29 is 33.5 Å². The number of benzene rings is 1. The summed E-state index contributed by atoms with van der Waals surface area (Å²) in [4.78, 5) is 37.6. The van der Waals surface area contributed by atoms with Crippen LogP contribution < -0.4 is 10.2 Å². The summed E-state index contributed by atoms with van der Waals surface area (Å²) in [6, 6.07) is 6.43. The van der Waals surface area contributed by atoms with Gasteiger partial charge in [0.15, 0.2) is 6.61 Å². The van der Waals surface area contributed by atoms with Gasteiger partial charge in [0.2, 0.25) is 0 Å². The fourth-order valence-corrected chi connectivity index (χ4v) is 3.11. The maximum absolute atomic E-state index is 12.2. The molecule has 0 spiro atoms. The maximum Gasteiger partial charge on any atom is 0.338 e. The van der Waals surface area contributed by atoms with Gasteiger partial charge in [0, 0.05) is 5.56 Å². The van der Waals surface area contributed by atoms with E-state index in [0.29, 0.717) is 12.0 Å². The number of carbonyl (C=O) groups is 3. The highest BCUT2D eigenvalue weighted by Crippen LogP contribution is 2.09. The molecule has 1 aromatic rings. The Labute approximate surface area is 171 Å². The van der Waals surface area contributed by atoms with Crippen molar-refractivity contribution >= 4 is 17.8 Å². The molecule has 160 valence electrons. The molecule has 0 unspecified atom stereocenters. The highest BCUT2D eigenvalue weighted by molar-refractivity contribution is 5.92. The number of esters is 2. The second-order valence-corrected chi connectivity index (χ2v) is 7.27. The van der Waals surface area contributed by atoms with Crippen LogP contribution >= 0.6 is 0 Å². The fourth-order valence-electron chi connectivity index (χ4n) is 3.11. The highest BCUT2D eigenvalue weighted by Gasteiger charge is 2.27. The van der Waals surface area contributed by atoms with E-state index in [-0.39, 0.29) is 5.92 Å². The number of quaternary nitrogens is 1. The van der Waals surface area contributed by atoms with Crippen LogP contribution in [-0.4, -0.2) is 63.9 Å². The standard InChI is InChI=1S/C21H30N2O6/c1-4-15(2)19(21(26)27-3)22-18(24)14-29-20(25)17-7-5-16(6-8-17)13-23-9-11-28-12-10-23/h5-8,15,19H,4,9-14H2,1-3H3,(H,22,24)/p+1/t15-,19-/m1/s1. The van der Waals surface area contributed by atoms with Crippen LogP contribution in [0.1, 0.15) is 36.2 Å². The number of hydrogen-bond donors (Lipinski definition) is 2. The van der Waals surface area contributed by atoms with Gasteiger partial charge < -0.3 is 24.4 Å². The van der Waals surface area contributed by atoms with E-state index in [9.17, 15) is 14.4 Å². The summed E-state index contributed by atoms with van der Waals surface area (Å²) in [5.41, 5.74) is 1.51. The lowest BCUT2D eigenvalue weighted by Gasteiger charge is -2.23. The van der Waals surface area contributed by atoms with E-state index in [2.05, 4.69) is 5.32 Å². The first-order valence-corrected chi connectivity index (χ1v) is 9.99. The molecule has 1 saturated heterocycles. The van der Waals surface area contributed by atoms with Gasteiger partial charge in [0.1, 0.15) is 25.7 Å². The number of hydrogen-bond acceptors (Lipinski definition) is 6. The highest BCUT2D eigenvalue weighted by atomic mass is 16.5. The first-order valence-electron chi connectivity index (χ1n) is 9.99. The van der Waals surface area contributed by atoms with E-state index in [0.717, 1.165) is 38.4 Å². The number of methoxy groups -OCH3 is 1. The molecule has 8 nitrogen and oxygen atoms in total. The van der Waals surface area contributed by atoms with E-state index in [1.165, 1.54) is 12.0 Å². The SMILES string of the molecule is CC[C@@H](C)[C@@H](NC(=O)COC(=O)c1ccc(C[NH+]2CCOCC2)cc1)C(=O)OC. The number of rotatable bonds is 9. The molecule has 0 aromatic heterocycles. The number of nitrogens with one attached hydrogen (secondary N) is 2. The topological polar surface area (TPSA) is 95.4 Å². The molecule has 2 rings (SSSR count). The second-order valence-electron chi connectivity index (χ2n) is 7.27. The van der Waals surface area contributed by atoms with Crippen molar-refractivity contribution in [3.05, 3.63) is 35.4 Å². The van der Waals surface area contributed by atoms with Crippen molar-refractivity contribution in [3.8, 4) is 0 Å². The van der Waals surface area contributed by atoms with Crippen molar-refractivity contribution in [2.24, 2.45) is 5.92 Å². The lowest BCUT2D eigenvalue weighted by Crippen LogP contribution is -3.12. The molecule has 2 atom stereocenters. The van der Waals surface area contributed by atoms with Crippen LogP contribution in [0.25, 0.3) is 0 Å². The molecule has 0 saturated carbocycles. The number of carbonyl (C=O) groups excluding carboxylic acids is 3. The quantitative estimate of drug-likeness (QED) is 0.558. The summed E-state index contributed by atoms with van der Waals surface area (Å²) in [6.07, 6.45) is 0.693. The van der Waals surface area contributed by atoms with Crippen molar-refractivity contribution in [3.63, 3.8) is 0 Å². The van der Waals surface area contributed by atoms with Crippen LogP contribution in [-0.2, 0) is 30.3 Å². The zero-order valence-corrected chi connectivity index (χ0v) is 17.4. The minimum absolute atomic E-state index is 0.0942. The van der Waals surface area contributed by atoms with Crippen LogP contribution in [0, 0.1) is 5.92 Å². The van der Waals surface area contributed by atoms with Gasteiger partial charge in [-0.25, -0.2) is 9.59 Å². The summed E-state index contributed by atoms with van der Waals surface area (Å²) in [5.74, 6) is -1.73. The largest absolute Gasteiger partial charge is 0.467 e. The van der Waals surface area contributed by atoms with Crippen LogP contribution in [0.5, 0.6) is 0 Å². The lowest BCUT2D eigenvalue weighted by molar-refractivity contribution is -0.921. The number of morpholine rings is 1. The number of ether oxygens (including phenoxy) is 3. The maximum atomic E-state index is 12.2. The van der Waals surface area contributed by atoms with Crippen LogP contribution in [0.4, 0.5) is 0 Å². The Morgan fingerprint density at radius 1 is 1.17 bits per heavy atom. The van der Waals surface area contributed by atoms with E-state index in [4.69, 9.17) is 14.2 Å². The van der Waals surface area contributed by atoms with Crippen molar-refractivity contribution in [1.82, 2.24) is 5.32 Å². The minimum Gasteiger partial charge on any atom is -0.467 e. The van der Waals surface area contributed by atoms with Gasteiger partial charge in [-0.1, -0.05) is 32.4 Å². The zero-order chi connectivity index (χ0) is 21.2. The summed E-state index contributed by atoms with van der Waals surface area (Å²) in [6.45, 7) is 7.68. The minimum atomic E-state index is -0.766. The molecule has 8 heteroatoms. The second kappa shape index (κ2) is 11.5. The third-order valence-electron chi connectivity index (χ3n) is 5.16. The molecule has 2 N–H and O–H groups in total. The van der Waals surface area contributed by atoms with Crippen molar-refractivity contribution in [1.29, 1.82) is 0 Å². The van der Waals surface area contributed by atoms with Gasteiger partial charge in [-0.05, 0) is 18.1 Å². The summed E-state index contributed by atoms with van der Waals surface area (Å²) in [5, 5.41) is 2.58. The molecule has 1 heterocycles. The molecule has 0 bridgehead atoms. The van der Waals surface area contributed by atoms with E-state index >= 15 is 0 Å². The van der Waals surface area contributed by atoms with Crippen LogP contribution in [0.15, 0.2) is 24.3 Å². The lowest BCUT2D eigenvalue weighted by atomic mass is 9.99. The molecule has 29 heavy (non-hydrogen) atoms. The molecule has 1 fully saturated rings.